The number of nitrogens with zero attached hydrogens (tertiary/aromatic N) is 1. The minimum atomic E-state index is 0. The fourth-order valence-corrected chi connectivity index (χ4v) is 2.66. The SMILES string of the molecule is C[C@H]1CNCCN1c1cc(Cl)cc2ccoc12.Cl. The standard InChI is InChI=1S/C13H15ClN2O.ClH/c1-9-8-15-3-4-16(9)12-7-11(14)6-10-2-5-17-13(10)12;/h2,5-7,9,15H,3-4,8H2,1H3;1H/t9-;/m0./s1. The highest BCUT2D eigenvalue weighted by atomic mass is 35.5. The molecule has 0 bridgehead atoms. The highest BCUT2D eigenvalue weighted by molar-refractivity contribution is 6.31. The molecule has 0 unspecified atom stereocenters. The lowest BCUT2D eigenvalue weighted by Crippen LogP contribution is -2.50. The van der Waals surface area contributed by atoms with E-state index in [0.29, 0.717) is 6.04 Å². The van der Waals surface area contributed by atoms with E-state index in [1.54, 1.807) is 6.26 Å². The van der Waals surface area contributed by atoms with Crippen molar-refractivity contribution in [2.24, 2.45) is 0 Å². The molecular weight excluding hydrogens is 271 g/mol. The van der Waals surface area contributed by atoms with Gasteiger partial charge in [-0.05, 0) is 25.1 Å². The zero-order chi connectivity index (χ0) is 11.8. The van der Waals surface area contributed by atoms with Crippen LogP contribution in [-0.2, 0) is 0 Å². The van der Waals surface area contributed by atoms with E-state index in [1.165, 1.54) is 0 Å². The van der Waals surface area contributed by atoms with Crippen LogP contribution in [0.15, 0.2) is 28.9 Å². The third kappa shape index (κ3) is 2.30. The minimum Gasteiger partial charge on any atom is -0.462 e. The van der Waals surface area contributed by atoms with Crippen LogP contribution in [0.25, 0.3) is 11.0 Å². The summed E-state index contributed by atoms with van der Waals surface area (Å²) in [6, 6.07) is 6.35. The second-order valence-corrected chi connectivity index (χ2v) is 4.95. The number of furan rings is 1. The normalized spacial score (nSPS) is 19.9. The summed E-state index contributed by atoms with van der Waals surface area (Å²) in [6.07, 6.45) is 1.72. The molecular formula is C13H16Cl2N2O. The second-order valence-electron chi connectivity index (χ2n) is 4.51. The predicted molar refractivity (Wildman–Crippen MR) is 78.1 cm³/mol. The van der Waals surface area contributed by atoms with Gasteiger partial charge in [0.25, 0.3) is 0 Å². The summed E-state index contributed by atoms with van der Waals surface area (Å²) >= 11 is 6.16. The number of benzene rings is 1. The zero-order valence-corrected chi connectivity index (χ0v) is 11.7. The van der Waals surface area contributed by atoms with Crippen molar-refractivity contribution in [1.82, 2.24) is 5.32 Å². The van der Waals surface area contributed by atoms with E-state index >= 15 is 0 Å². The summed E-state index contributed by atoms with van der Waals surface area (Å²) in [4.78, 5) is 2.36. The Morgan fingerprint density at radius 1 is 1.44 bits per heavy atom. The van der Waals surface area contributed by atoms with Crippen molar-refractivity contribution in [2.45, 2.75) is 13.0 Å². The maximum atomic E-state index is 6.16. The third-order valence-electron chi connectivity index (χ3n) is 3.31. The van der Waals surface area contributed by atoms with E-state index in [1.807, 2.05) is 18.2 Å². The van der Waals surface area contributed by atoms with Gasteiger partial charge in [0.1, 0.15) is 0 Å². The van der Waals surface area contributed by atoms with Gasteiger partial charge in [0.15, 0.2) is 5.58 Å². The highest BCUT2D eigenvalue weighted by Crippen LogP contribution is 2.32. The summed E-state index contributed by atoms with van der Waals surface area (Å²) in [5.41, 5.74) is 2.04. The number of piperazine rings is 1. The van der Waals surface area contributed by atoms with Crippen LogP contribution in [0.3, 0.4) is 0 Å². The van der Waals surface area contributed by atoms with Crippen molar-refractivity contribution in [2.75, 3.05) is 24.5 Å². The summed E-state index contributed by atoms with van der Waals surface area (Å²) < 4.78 is 5.58. The van der Waals surface area contributed by atoms with Crippen LogP contribution in [0.4, 0.5) is 5.69 Å². The van der Waals surface area contributed by atoms with Crippen molar-refractivity contribution in [1.29, 1.82) is 0 Å². The summed E-state index contributed by atoms with van der Waals surface area (Å²) in [5, 5.41) is 5.22. The number of fused-ring (bicyclic) bond motifs is 1. The van der Waals surface area contributed by atoms with Crippen molar-refractivity contribution < 1.29 is 4.42 Å². The van der Waals surface area contributed by atoms with Crippen LogP contribution in [0.2, 0.25) is 5.02 Å². The number of hydrogen-bond donors (Lipinski definition) is 1. The van der Waals surface area contributed by atoms with Gasteiger partial charge in [0.05, 0.1) is 12.0 Å². The Morgan fingerprint density at radius 3 is 3.06 bits per heavy atom. The lowest BCUT2D eigenvalue weighted by atomic mass is 10.1. The maximum absolute atomic E-state index is 6.16. The molecule has 1 aliphatic rings. The smallest absolute Gasteiger partial charge is 0.157 e. The molecule has 1 aromatic carbocycles. The third-order valence-corrected chi connectivity index (χ3v) is 3.53. The molecule has 1 atom stereocenters. The predicted octanol–water partition coefficient (Wildman–Crippen LogP) is 3.31. The van der Waals surface area contributed by atoms with E-state index in [4.69, 9.17) is 16.0 Å². The van der Waals surface area contributed by atoms with Gasteiger partial charge in [0, 0.05) is 36.1 Å². The number of hydrogen-bond acceptors (Lipinski definition) is 3. The van der Waals surface area contributed by atoms with E-state index in [-0.39, 0.29) is 12.4 Å². The monoisotopic (exact) mass is 286 g/mol. The van der Waals surface area contributed by atoms with E-state index in [9.17, 15) is 0 Å². The first kappa shape index (κ1) is 13.5. The van der Waals surface area contributed by atoms with Crippen LogP contribution in [0.5, 0.6) is 0 Å². The van der Waals surface area contributed by atoms with Gasteiger partial charge in [-0.3, -0.25) is 0 Å². The lowest BCUT2D eigenvalue weighted by molar-refractivity contribution is 0.498. The molecule has 18 heavy (non-hydrogen) atoms. The molecule has 0 amide bonds. The Bertz CT molecular complexity index is 541. The molecule has 1 aromatic heterocycles. The van der Waals surface area contributed by atoms with E-state index in [2.05, 4.69) is 17.1 Å². The lowest BCUT2D eigenvalue weighted by Gasteiger charge is -2.35. The molecule has 0 saturated carbocycles. The Kier molecular flexibility index (Phi) is 4.05. The van der Waals surface area contributed by atoms with E-state index in [0.717, 1.165) is 41.3 Å². The topological polar surface area (TPSA) is 28.4 Å². The average molecular weight is 287 g/mol. The van der Waals surface area contributed by atoms with Crippen molar-refractivity contribution in [3.05, 3.63) is 29.5 Å². The molecule has 98 valence electrons. The van der Waals surface area contributed by atoms with Crippen molar-refractivity contribution in [3.8, 4) is 0 Å². The highest BCUT2D eigenvalue weighted by Gasteiger charge is 2.21. The summed E-state index contributed by atoms with van der Waals surface area (Å²) in [7, 11) is 0. The van der Waals surface area contributed by atoms with Crippen molar-refractivity contribution >= 4 is 40.7 Å². The molecule has 1 N–H and O–H groups in total. The summed E-state index contributed by atoms with van der Waals surface area (Å²) in [6.45, 7) is 5.19. The Hall–Kier alpha value is -0.900. The second kappa shape index (κ2) is 5.39. The van der Waals surface area contributed by atoms with Gasteiger partial charge in [-0.15, -0.1) is 12.4 Å². The molecule has 2 heterocycles. The van der Waals surface area contributed by atoms with Gasteiger partial charge < -0.3 is 14.6 Å². The molecule has 1 saturated heterocycles. The first-order valence-corrected chi connectivity index (χ1v) is 6.27. The van der Waals surface area contributed by atoms with Gasteiger partial charge in [-0.25, -0.2) is 0 Å². The Balaban J connectivity index is 0.00000120. The van der Waals surface area contributed by atoms with Gasteiger partial charge in [0.2, 0.25) is 0 Å². The number of halogens is 2. The molecule has 0 spiro atoms. The molecule has 3 rings (SSSR count). The fourth-order valence-electron chi connectivity index (χ4n) is 2.44. The Labute approximate surface area is 117 Å². The first-order valence-electron chi connectivity index (χ1n) is 5.90. The largest absolute Gasteiger partial charge is 0.462 e. The molecule has 3 nitrogen and oxygen atoms in total. The fraction of sp³-hybridized carbons (Fsp3) is 0.385. The van der Waals surface area contributed by atoms with Crippen LogP contribution in [-0.4, -0.2) is 25.7 Å². The van der Waals surface area contributed by atoms with Gasteiger partial charge in [-0.1, -0.05) is 11.6 Å². The zero-order valence-electron chi connectivity index (χ0n) is 10.1. The first-order chi connectivity index (χ1) is 8.25. The van der Waals surface area contributed by atoms with E-state index < -0.39 is 0 Å². The molecule has 5 heteroatoms. The Morgan fingerprint density at radius 2 is 2.28 bits per heavy atom. The average Bonchev–Trinajstić information content (AvgIpc) is 2.76. The quantitative estimate of drug-likeness (QED) is 0.872. The van der Waals surface area contributed by atoms with Crippen LogP contribution < -0.4 is 10.2 Å². The number of rotatable bonds is 1. The minimum absolute atomic E-state index is 0. The van der Waals surface area contributed by atoms with Crippen LogP contribution in [0, 0.1) is 0 Å². The summed E-state index contributed by atoms with van der Waals surface area (Å²) in [5.74, 6) is 0. The van der Waals surface area contributed by atoms with Gasteiger partial charge >= 0.3 is 0 Å². The number of anilines is 1. The number of nitrogens with one attached hydrogen (secondary N) is 1. The van der Waals surface area contributed by atoms with Crippen LogP contribution >= 0.6 is 24.0 Å². The van der Waals surface area contributed by atoms with Crippen LogP contribution in [0.1, 0.15) is 6.92 Å². The van der Waals surface area contributed by atoms with Crippen molar-refractivity contribution in [3.63, 3.8) is 0 Å². The molecule has 0 aliphatic carbocycles. The maximum Gasteiger partial charge on any atom is 0.157 e. The molecule has 1 aliphatic heterocycles. The molecule has 2 aromatic rings. The molecule has 1 fully saturated rings. The molecule has 0 radical (unpaired) electrons. The van der Waals surface area contributed by atoms with Gasteiger partial charge in [-0.2, -0.15) is 0 Å².